The van der Waals surface area contributed by atoms with Gasteiger partial charge < -0.3 is 0 Å². The van der Waals surface area contributed by atoms with Crippen LogP contribution in [0.25, 0.3) is 0 Å². The fourth-order valence-electron chi connectivity index (χ4n) is 2.45. The maximum Gasteiger partial charge on any atom is 0.0623 e. The highest BCUT2D eigenvalue weighted by molar-refractivity contribution is 7.99. The predicted molar refractivity (Wildman–Crippen MR) is 79.6 cm³/mol. The van der Waals surface area contributed by atoms with Crippen molar-refractivity contribution < 1.29 is 0 Å². The Kier molecular flexibility index (Phi) is 5.06. The van der Waals surface area contributed by atoms with Crippen LogP contribution in [0.5, 0.6) is 0 Å². The number of nitrogens with two attached hydrogens (primary N) is 1. The molecule has 0 amide bonds. The summed E-state index contributed by atoms with van der Waals surface area (Å²) in [6.07, 6.45) is 1.08. The van der Waals surface area contributed by atoms with Crippen molar-refractivity contribution in [2.75, 3.05) is 25.1 Å². The molecule has 100 valence electrons. The second-order valence-electron chi connectivity index (χ2n) is 4.86. The molecule has 1 aliphatic heterocycles. The second kappa shape index (κ2) is 6.57. The third kappa shape index (κ3) is 3.06. The molecule has 1 heterocycles. The monoisotopic (exact) mass is 265 g/mol. The lowest BCUT2D eigenvalue weighted by Crippen LogP contribution is -2.49. The first-order chi connectivity index (χ1) is 8.76. The number of nitrogens with one attached hydrogen (secondary N) is 1. The summed E-state index contributed by atoms with van der Waals surface area (Å²) in [5.41, 5.74) is 5.66. The number of nitrogens with zero attached hydrogens (tertiary/aromatic N) is 1. The van der Waals surface area contributed by atoms with Gasteiger partial charge in [-0.1, -0.05) is 31.2 Å². The van der Waals surface area contributed by atoms with Crippen molar-refractivity contribution in [3.8, 4) is 0 Å². The topological polar surface area (TPSA) is 41.3 Å². The number of benzene rings is 1. The van der Waals surface area contributed by atoms with Crippen LogP contribution < -0.4 is 11.3 Å². The minimum atomic E-state index is 0.216. The summed E-state index contributed by atoms with van der Waals surface area (Å²) in [4.78, 5) is 2.41. The number of likely N-dealkylation sites (N-methyl/N-ethyl adjacent to an activating group) is 1. The van der Waals surface area contributed by atoms with E-state index in [2.05, 4.69) is 48.6 Å². The molecule has 0 saturated carbocycles. The van der Waals surface area contributed by atoms with Crippen LogP contribution in [0.4, 0.5) is 0 Å². The van der Waals surface area contributed by atoms with Crippen LogP contribution in [0.3, 0.4) is 0 Å². The number of aryl methyl sites for hydroxylation is 1. The average molecular weight is 265 g/mol. The molecule has 0 radical (unpaired) electrons. The largest absolute Gasteiger partial charge is 0.300 e. The molecule has 1 aliphatic rings. The van der Waals surface area contributed by atoms with E-state index in [1.165, 1.54) is 16.9 Å². The molecule has 0 bridgehead atoms. The van der Waals surface area contributed by atoms with Crippen molar-refractivity contribution in [3.05, 3.63) is 35.4 Å². The van der Waals surface area contributed by atoms with Crippen LogP contribution in [0, 0.1) is 0 Å². The third-order valence-corrected chi connectivity index (χ3v) is 4.80. The molecule has 3 nitrogen and oxygen atoms in total. The number of hydrogen-bond donors (Lipinski definition) is 2. The Morgan fingerprint density at radius 3 is 2.72 bits per heavy atom. The first-order valence-electron chi connectivity index (χ1n) is 6.59. The molecule has 1 aromatic carbocycles. The lowest BCUT2D eigenvalue weighted by Gasteiger charge is -2.37. The average Bonchev–Trinajstić information content (AvgIpc) is 2.42. The van der Waals surface area contributed by atoms with E-state index in [0.29, 0.717) is 6.04 Å². The van der Waals surface area contributed by atoms with E-state index in [1.807, 2.05) is 11.8 Å². The molecule has 1 saturated heterocycles. The second-order valence-corrected chi connectivity index (χ2v) is 6.01. The number of thioether (sulfide) groups is 1. The zero-order valence-electron chi connectivity index (χ0n) is 11.2. The Hall–Kier alpha value is -0.550. The van der Waals surface area contributed by atoms with E-state index in [1.54, 1.807) is 0 Å². The van der Waals surface area contributed by atoms with Crippen LogP contribution in [0.1, 0.15) is 24.1 Å². The van der Waals surface area contributed by atoms with Gasteiger partial charge in [0.1, 0.15) is 0 Å². The smallest absolute Gasteiger partial charge is 0.0623 e. The SMILES string of the molecule is CCc1ccc(C(NN)C2CSCCN2C)cc1. The number of hydrogen-bond acceptors (Lipinski definition) is 4. The molecule has 3 N–H and O–H groups in total. The first-order valence-corrected chi connectivity index (χ1v) is 7.74. The van der Waals surface area contributed by atoms with Gasteiger partial charge in [-0.15, -0.1) is 0 Å². The minimum Gasteiger partial charge on any atom is -0.300 e. The fourth-order valence-corrected chi connectivity index (χ4v) is 3.72. The van der Waals surface area contributed by atoms with Crippen LogP contribution >= 0.6 is 11.8 Å². The van der Waals surface area contributed by atoms with Gasteiger partial charge in [0.05, 0.1) is 6.04 Å². The molecular formula is C14H23N3S. The molecule has 0 spiro atoms. The molecule has 1 fully saturated rings. The fraction of sp³-hybridized carbons (Fsp3) is 0.571. The van der Waals surface area contributed by atoms with Gasteiger partial charge in [0.15, 0.2) is 0 Å². The lowest BCUT2D eigenvalue weighted by atomic mass is 9.98. The Labute approximate surface area is 114 Å². The van der Waals surface area contributed by atoms with E-state index in [4.69, 9.17) is 5.84 Å². The van der Waals surface area contributed by atoms with Gasteiger partial charge in [-0.2, -0.15) is 11.8 Å². The highest BCUT2D eigenvalue weighted by atomic mass is 32.2. The zero-order valence-corrected chi connectivity index (χ0v) is 12.0. The maximum atomic E-state index is 5.78. The number of hydrazine groups is 1. The minimum absolute atomic E-state index is 0.216. The molecule has 2 unspecified atom stereocenters. The highest BCUT2D eigenvalue weighted by Gasteiger charge is 2.28. The Bertz CT molecular complexity index is 366. The normalized spacial score (nSPS) is 22.9. The van der Waals surface area contributed by atoms with Crippen molar-refractivity contribution in [1.29, 1.82) is 0 Å². The summed E-state index contributed by atoms with van der Waals surface area (Å²) in [5.74, 6) is 8.14. The molecule has 18 heavy (non-hydrogen) atoms. The summed E-state index contributed by atoms with van der Waals surface area (Å²) < 4.78 is 0. The van der Waals surface area contributed by atoms with Crippen molar-refractivity contribution in [2.24, 2.45) is 5.84 Å². The molecule has 2 atom stereocenters. The van der Waals surface area contributed by atoms with E-state index in [-0.39, 0.29) is 6.04 Å². The number of rotatable bonds is 4. The quantitative estimate of drug-likeness (QED) is 0.643. The van der Waals surface area contributed by atoms with Crippen molar-refractivity contribution >= 4 is 11.8 Å². The van der Waals surface area contributed by atoms with E-state index in [0.717, 1.165) is 18.7 Å². The highest BCUT2D eigenvalue weighted by Crippen LogP contribution is 2.26. The van der Waals surface area contributed by atoms with E-state index < -0.39 is 0 Å². The van der Waals surface area contributed by atoms with Gasteiger partial charge in [0, 0.05) is 24.1 Å². The summed E-state index contributed by atoms with van der Waals surface area (Å²) >= 11 is 2.02. The molecule has 2 rings (SSSR count). The van der Waals surface area contributed by atoms with Gasteiger partial charge in [0.2, 0.25) is 0 Å². The Morgan fingerprint density at radius 1 is 1.44 bits per heavy atom. The molecule has 0 aromatic heterocycles. The standard InChI is InChI=1S/C14H23N3S/c1-3-11-4-6-12(7-5-11)14(16-15)13-10-18-9-8-17(13)2/h4-7,13-14,16H,3,8-10,15H2,1-2H3. The molecule has 0 aliphatic carbocycles. The lowest BCUT2D eigenvalue weighted by molar-refractivity contribution is 0.216. The summed E-state index contributed by atoms with van der Waals surface area (Å²) in [6, 6.07) is 9.51. The predicted octanol–water partition coefficient (Wildman–Crippen LogP) is 1.80. The first kappa shape index (κ1) is 13.9. The van der Waals surface area contributed by atoms with Crippen molar-refractivity contribution in [2.45, 2.75) is 25.4 Å². The van der Waals surface area contributed by atoms with Crippen LogP contribution in [0.15, 0.2) is 24.3 Å². The van der Waals surface area contributed by atoms with Gasteiger partial charge in [-0.25, -0.2) is 0 Å². The molecular weight excluding hydrogens is 242 g/mol. The molecule has 1 aromatic rings. The van der Waals surface area contributed by atoms with Crippen LogP contribution in [-0.2, 0) is 6.42 Å². The zero-order chi connectivity index (χ0) is 13.0. The third-order valence-electron chi connectivity index (χ3n) is 3.75. The van der Waals surface area contributed by atoms with E-state index >= 15 is 0 Å². The van der Waals surface area contributed by atoms with Crippen LogP contribution in [-0.4, -0.2) is 36.0 Å². The van der Waals surface area contributed by atoms with Gasteiger partial charge in [-0.3, -0.25) is 16.2 Å². The summed E-state index contributed by atoms with van der Waals surface area (Å²) in [7, 11) is 2.19. The van der Waals surface area contributed by atoms with Gasteiger partial charge >= 0.3 is 0 Å². The van der Waals surface area contributed by atoms with Crippen molar-refractivity contribution in [3.63, 3.8) is 0 Å². The summed E-state index contributed by atoms with van der Waals surface area (Å²) in [5, 5.41) is 0. The van der Waals surface area contributed by atoms with Crippen LogP contribution in [0.2, 0.25) is 0 Å². The maximum absolute atomic E-state index is 5.78. The molecule has 4 heteroatoms. The van der Waals surface area contributed by atoms with E-state index in [9.17, 15) is 0 Å². The Morgan fingerprint density at radius 2 is 2.17 bits per heavy atom. The summed E-state index contributed by atoms with van der Waals surface area (Å²) in [6.45, 7) is 3.32. The van der Waals surface area contributed by atoms with Crippen molar-refractivity contribution in [1.82, 2.24) is 10.3 Å². The Balaban J connectivity index is 2.15. The van der Waals surface area contributed by atoms with Gasteiger partial charge in [-0.05, 0) is 24.6 Å². The van der Waals surface area contributed by atoms with Gasteiger partial charge in [0.25, 0.3) is 0 Å².